The van der Waals surface area contributed by atoms with Crippen molar-refractivity contribution in [1.82, 2.24) is 5.32 Å². The normalized spacial score (nSPS) is 12.3. The fraction of sp³-hybridized carbons (Fsp3) is 0.500. The van der Waals surface area contributed by atoms with Crippen molar-refractivity contribution in [3.05, 3.63) is 23.8 Å². The summed E-state index contributed by atoms with van der Waals surface area (Å²) in [6, 6.07) is 3.50. The fourth-order valence-corrected chi connectivity index (χ4v) is 2.69. The summed E-state index contributed by atoms with van der Waals surface area (Å²) in [5, 5.41) is 4.83. The van der Waals surface area contributed by atoms with Gasteiger partial charge in [-0.25, -0.2) is 8.96 Å². The highest BCUT2D eigenvalue weighted by Crippen LogP contribution is 2.42. The summed E-state index contributed by atoms with van der Waals surface area (Å²) in [6.07, 6.45) is 0.259. The third kappa shape index (κ3) is 8.49. The quantitative estimate of drug-likeness (QED) is 0.278. The maximum Gasteiger partial charge on any atom is 0.524 e. The molecular weight excluding hydrogens is 380 g/mol. The Labute approximate surface area is 156 Å². The van der Waals surface area contributed by atoms with E-state index in [1.807, 2.05) is 0 Å². The fourth-order valence-electron chi connectivity index (χ4n) is 2.27. The Morgan fingerprint density at radius 2 is 2.00 bits per heavy atom. The molecule has 1 aromatic carbocycles. The first-order chi connectivity index (χ1) is 12.7. The second kappa shape index (κ2) is 11.0. The van der Waals surface area contributed by atoms with Gasteiger partial charge in [0.1, 0.15) is 5.75 Å². The molecule has 0 spiro atoms. The highest BCUT2D eigenvalue weighted by atomic mass is 31.2. The number of likely N-dealkylation sites (N-methyl/N-ethyl adjacent to an activating group) is 1. The number of rotatable bonds is 11. The number of carbonyl (C=O) groups is 2. The Hall–Kier alpha value is -2.00. The van der Waals surface area contributed by atoms with Crippen molar-refractivity contribution >= 4 is 25.3 Å². The second-order valence-corrected chi connectivity index (χ2v) is 6.90. The van der Waals surface area contributed by atoms with Crippen LogP contribution < -0.4 is 20.9 Å². The zero-order valence-corrected chi connectivity index (χ0v) is 15.9. The SMILES string of the molecule is CCNC(=O)C(F)c1cc(NC(=O)CCCCCN)ccc1OP(=O)(O)O. The van der Waals surface area contributed by atoms with Crippen LogP contribution in [0.25, 0.3) is 0 Å². The number of alkyl halides is 1. The van der Waals surface area contributed by atoms with E-state index in [1.54, 1.807) is 6.92 Å². The van der Waals surface area contributed by atoms with E-state index >= 15 is 0 Å². The van der Waals surface area contributed by atoms with Crippen LogP contribution in [0.2, 0.25) is 0 Å². The van der Waals surface area contributed by atoms with Crippen LogP contribution in [0.3, 0.4) is 0 Å². The Bertz CT molecular complexity index is 697. The minimum atomic E-state index is -4.96. The van der Waals surface area contributed by atoms with E-state index in [4.69, 9.17) is 15.5 Å². The van der Waals surface area contributed by atoms with Gasteiger partial charge in [0, 0.05) is 24.2 Å². The lowest BCUT2D eigenvalue weighted by molar-refractivity contribution is -0.126. The van der Waals surface area contributed by atoms with Crippen LogP contribution in [0.1, 0.15) is 44.3 Å². The maximum absolute atomic E-state index is 14.5. The zero-order valence-electron chi connectivity index (χ0n) is 15.0. The number of unbranched alkanes of at least 4 members (excludes halogenated alkanes) is 2. The van der Waals surface area contributed by atoms with Crippen molar-refractivity contribution in [2.45, 2.75) is 38.8 Å². The number of halogens is 1. The number of phosphoric acid groups is 1. The summed E-state index contributed by atoms with van der Waals surface area (Å²) in [5.74, 6) is -1.78. The second-order valence-electron chi connectivity index (χ2n) is 5.74. The van der Waals surface area contributed by atoms with Crippen LogP contribution in [-0.2, 0) is 14.2 Å². The third-order valence-corrected chi connectivity index (χ3v) is 3.91. The van der Waals surface area contributed by atoms with Crippen molar-refractivity contribution in [3.63, 3.8) is 0 Å². The summed E-state index contributed by atoms with van der Waals surface area (Å²) in [5.41, 5.74) is 5.16. The van der Waals surface area contributed by atoms with Crippen LogP contribution >= 0.6 is 7.82 Å². The largest absolute Gasteiger partial charge is 0.524 e. The number of nitrogens with two attached hydrogens (primary N) is 1. The molecule has 2 amide bonds. The maximum atomic E-state index is 14.5. The van der Waals surface area contributed by atoms with Crippen molar-refractivity contribution in [3.8, 4) is 5.75 Å². The van der Waals surface area contributed by atoms with Crippen molar-refractivity contribution in [2.24, 2.45) is 5.73 Å². The van der Waals surface area contributed by atoms with Crippen LogP contribution in [0.4, 0.5) is 10.1 Å². The van der Waals surface area contributed by atoms with Gasteiger partial charge in [0.15, 0.2) is 0 Å². The minimum Gasteiger partial charge on any atom is -0.404 e. The van der Waals surface area contributed by atoms with Gasteiger partial charge >= 0.3 is 7.82 Å². The molecule has 0 aliphatic carbocycles. The Morgan fingerprint density at radius 1 is 1.30 bits per heavy atom. The molecule has 0 bridgehead atoms. The smallest absolute Gasteiger partial charge is 0.404 e. The number of phosphoric ester groups is 1. The summed E-state index contributed by atoms with van der Waals surface area (Å²) >= 11 is 0. The molecule has 0 saturated heterocycles. The molecule has 6 N–H and O–H groups in total. The van der Waals surface area contributed by atoms with Crippen LogP contribution in [-0.4, -0.2) is 34.7 Å². The molecule has 0 fully saturated rings. The van der Waals surface area contributed by atoms with Gasteiger partial charge in [-0.3, -0.25) is 19.4 Å². The lowest BCUT2D eigenvalue weighted by Crippen LogP contribution is -2.27. The number of anilines is 1. The van der Waals surface area contributed by atoms with Crippen molar-refractivity contribution < 1.29 is 32.9 Å². The highest BCUT2D eigenvalue weighted by Gasteiger charge is 2.27. The molecule has 0 aromatic heterocycles. The molecule has 0 aliphatic heterocycles. The first kappa shape index (κ1) is 23.0. The van der Waals surface area contributed by atoms with E-state index < -0.39 is 31.2 Å². The van der Waals surface area contributed by atoms with Gasteiger partial charge in [-0.05, 0) is 44.5 Å². The van der Waals surface area contributed by atoms with E-state index in [-0.39, 0.29) is 24.6 Å². The first-order valence-corrected chi connectivity index (χ1v) is 10.0. The predicted molar refractivity (Wildman–Crippen MR) is 97.8 cm³/mol. The monoisotopic (exact) mass is 405 g/mol. The highest BCUT2D eigenvalue weighted by molar-refractivity contribution is 7.46. The molecule has 9 nitrogen and oxygen atoms in total. The van der Waals surface area contributed by atoms with Crippen molar-refractivity contribution in [1.29, 1.82) is 0 Å². The average Bonchev–Trinajstić information content (AvgIpc) is 2.58. The molecule has 0 radical (unpaired) electrons. The zero-order chi connectivity index (χ0) is 20.4. The molecule has 0 heterocycles. The number of hydrogen-bond acceptors (Lipinski definition) is 5. The molecule has 0 saturated carbocycles. The van der Waals surface area contributed by atoms with Gasteiger partial charge in [0.05, 0.1) is 0 Å². The molecule has 27 heavy (non-hydrogen) atoms. The van der Waals surface area contributed by atoms with E-state index in [0.29, 0.717) is 13.0 Å². The van der Waals surface area contributed by atoms with E-state index in [9.17, 15) is 18.5 Å². The van der Waals surface area contributed by atoms with E-state index in [1.165, 1.54) is 6.07 Å². The molecule has 1 atom stereocenters. The standard InChI is InChI=1S/C16H25FN3O6P/c1-2-19-16(22)15(17)12-10-11(7-8-13(12)26-27(23,24)25)20-14(21)6-4-3-5-9-18/h7-8,10,15H,2-6,9,18H2,1H3,(H,19,22)(H,20,21)(H2,23,24,25). The van der Waals surface area contributed by atoms with Gasteiger partial charge in [-0.2, -0.15) is 0 Å². The number of nitrogens with one attached hydrogen (secondary N) is 2. The van der Waals surface area contributed by atoms with Crippen LogP contribution in [0.15, 0.2) is 18.2 Å². The average molecular weight is 405 g/mol. The Kier molecular flexibility index (Phi) is 9.37. The molecule has 1 rings (SSSR count). The number of amides is 2. The van der Waals surface area contributed by atoms with Crippen molar-refractivity contribution in [2.75, 3.05) is 18.4 Å². The van der Waals surface area contributed by atoms with Gasteiger partial charge in [-0.15, -0.1) is 0 Å². The third-order valence-electron chi connectivity index (χ3n) is 3.47. The number of carbonyl (C=O) groups excluding carboxylic acids is 2. The van der Waals surface area contributed by atoms with Crippen LogP contribution in [0.5, 0.6) is 5.75 Å². The summed E-state index contributed by atoms with van der Waals surface area (Å²) in [6.45, 7) is 2.32. The lowest BCUT2D eigenvalue weighted by atomic mass is 10.1. The first-order valence-electron chi connectivity index (χ1n) is 8.48. The Balaban J connectivity index is 2.98. The molecule has 1 aromatic rings. The van der Waals surface area contributed by atoms with Gasteiger partial charge < -0.3 is 20.9 Å². The number of hydrogen-bond donors (Lipinski definition) is 5. The molecule has 0 aliphatic rings. The topological polar surface area (TPSA) is 151 Å². The van der Waals surface area contributed by atoms with Gasteiger partial charge in [-0.1, -0.05) is 6.42 Å². The number of benzene rings is 1. The van der Waals surface area contributed by atoms with E-state index in [2.05, 4.69) is 15.2 Å². The molecule has 1 unspecified atom stereocenters. The van der Waals surface area contributed by atoms with Gasteiger partial charge in [0.2, 0.25) is 12.1 Å². The minimum absolute atomic E-state index is 0.174. The molecule has 11 heteroatoms. The van der Waals surface area contributed by atoms with Crippen LogP contribution in [0, 0.1) is 0 Å². The summed E-state index contributed by atoms with van der Waals surface area (Å²) in [4.78, 5) is 41.6. The Morgan fingerprint density at radius 3 is 2.59 bits per heavy atom. The molecule has 152 valence electrons. The lowest BCUT2D eigenvalue weighted by Gasteiger charge is -2.16. The summed E-state index contributed by atoms with van der Waals surface area (Å²) in [7, 11) is -4.96. The van der Waals surface area contributed by atoms with E-state index in [0.717, 1.165) is 25.0 Å². The molecular formula is C16H25FN3O6P. The predicted octanol–water partition coefficient (Wildman–Crippen LogP) is 1.76. The summed E-state index contributed by atoms with van der Waals surface area (Å²) < 4.78 is 30.0. The van der Waals surface area contributed by atoms with Gasteiger partial charge in [0.25, 0.3) is 5.91 Å².